The highest BCUT2D eigenvalue weighted by Crippen LogP contribution is 2.18. The molecule has 0 saturated carbocycles. The Morgan fingerprint density at radius 1 is 1.42 bits per heavy atom. The minimum Gasteiger partial charge on any atom is -0.469 e. The molecule has 0 aromatic carbocycles. The summed E-state index contributed by atoms with van der Waals surface area (Å²) in [4.78, 5) is 36.9. The molecule has 1 N–H and O–H groups in total. The molecule has 1 aliphatic rings. The first-order valence-corrected chi connectivity index (χ1v) is 7.73. The molecule has 0 bridgehead atoms. The number of ether oxygens (including phenoxy) is 2. The van der Waals surface area contributed by atoms with Crippen molar-refractivity contribution in [1.29, 1.82) is 0 Å². The van der Waals surface area contributed by atoms with Crippen LogP contribution in [0.15, 0.2) is 6.20 Å². The molecule has 132 valence electrons. The second-order valence-corrected chi connectivity index (χ2v) is 5.35. The van der Waals surface area contributed by atoms with Crippen molar-refractivity contribution in [3.8, 4) is 0 Å². The molecule has 10 heteroatoms. The maximum atomic E-state index is 12.3. The number of nitrogens with one attached hydrogen (secondary N) is 1. The number of anilines is 1. The Labute approximate surface area is 139 Å². The number of carbonyl (C=O) groups excluding carboxylic acids is 3. The maximum Gasteiger partial charge on any atom is 0.412 e. The Morgan fingerprint density at radius 3 is 2.92 bits per heavy atom. The fraction of sp³-hybridized carbons (Fsp3) is 0.643. The average molecular weight is 339 g/mol. The lowest BCUT2D eigenvalue weighted by atomic mass is 9.98. The van der Waals surface area contributed by atoms with E-state index >= 15 is 0 Å². The number of carbonyl (C=O) groups is 3. The molecule has 1 unspecified atom stereocenters. The van der Waals surface area contributed by atoms with Gasteiger partial charge in [0.05, 0.1) is 25.8 Å². The largest absolute Gasteiger partial charge is 0.469 e. The third-order valence-electron chi connectivity index (χ3n) is 3.65. The second-order valence-electron chi connectivity index (χ2n) is 5.35. The zero-order valence-corrected chi connectivity index (χ0v) is 13.7. The lowest BCUT2D eigenvalue weighted by molar-refractivity contribution is -0.149. The molecule has 0 spiro atoms. The van der Waals surface area contributed by atoms with Gasteiger partial charge >= 0.3 is 12.1 Å². The van der Waals surface area contributed by atoms with Crippen molar-refractivity contribution in [1.82, 2.24) is 19.9 Å². The number of amides is 2. The van der Waals surface area contributed by atoms with Crippen LogP contribution in [0.5, 0.6) is 0 Å². The van der Waals surface area contributed by atoms with Crippen LogP contribution >= 0.6 is 0 Å². The van der Waals surface area contributed by atoms with Crippen LogP contribution in [0, 0.1) is 5.92 Å². The average Bonchev–Trinajstić information content (AvgIpc) is 3.01. The van der Waals surface area contributed by atoms with Crippen LogP contribution < -0.4 is 5.32 Å². The molecule has 2 heterocycles. The van der Waals surface area contributed by atoms with E-state index in [0.717, 1.165) is 6.42 Å². The fourth-order valence-corrected chi connectivity index (χ4v) is 2.51. The predicted molar refractivity (Wildman–Crippen MR) is 82.0 cm³/mol. The van der Waals surface area contributed by atoms with Crippen LogP contribution in [0.3, 0.4) is 0 Å². The molecule has 0 aliphatic carbocycles. The van der Waals surface area contributed by atoms with Gasteiger partial charge in [0, 0.05) is 13.1 Å². The van der Waals surface area contributed by atoms with Gasteiger partial charge in [-0.05, 0) is 19.8 Å². The molecule has 1 aromatic heterocycles. The number of hydrogen-bond donors (Lipinski definition) is 1. The van der Waals surface area contributed by atoms with Gasteiger partial charge < -0.3 is 14.4 Å². The van der Waals surface area contributed by atoms with E-state index in [1.165, 1.54) is 18.0 Å². The molecule has 2 amide bonds. The van der Waals surface area contributed by atoms with E-state index in [1.54, 1.807) is 11.8 Å². The summed E-state index contributed by atoms with van der Waals surface area (Å²) in [6.07, 6.45) is 2.27. The zero-order chi connectivity index (χ0) is 17.5. The molecular weight excluding hydrogens is 318 g/mol. The third kappa shape index (κ3) is 4.67. The van der Waals surface area contributed by atoms with Crippen LogP contribution in [0.2, 0.25) is 0 Å². The van der Waals surface area contributed by atoms with Gasteiger partial charge in [-0.3, -0.25) is 14.9 Å². The highest BCUT2D eigenvalue weighted by atomic mass is 16.5. The number of hydrogen-bond acceptors (Lipinski definition) is 7. The summed E-state index contributed by atoms with van der Waals surface area (Å²) in [6.45, 7) is 2.85. The van der Waals surface area contributed by atoms with Crippen LogP contribution in [0.4, 0.5) is 10.6 Å². The minimum absolute atomic E-state index is 0.0224. The number of piperidine rings is 1. The first kappa shape index (κ1) is 17.7. The van der Waals surface area contributed by atoms with Gasteiger partial charge in [0.25, 0.3) is 0 Å². The molecule has 1 aromatic rings. The summed E-state index contributed by atoms with van der Waals surface area (Å²) in [5.41, 5.74) is 0. The summed E-state index contributed by atoms with van der Waals surface area (Å²) >= 11 is 0. The van der Waals surface area contributed by atoms with Gasteiger partial charge in [-0.15, -0.1) is 5.10 Å². The van der Waals surface area contributed by atoms with E-state index in [9.17, 15) is 14.4 Å². The topological polar surface area (TPSA) is 116 Å². The molecule has 2 rings (SSSR count). The van der Waals surface area contributed by atoms with E-state index in [2.05, 4.69) is 15.6 Å². The molecule has 1 fully saturated rings. The molecule has 24 heavy (non-hydrogen) atoms. The van der Waals surface area contributed by atoms with Crippen LogP contribution in [0.1, 0.15) is 19.8 Å². The first-order chi connectivity index (χ1) is 11.5. The van der Waals surface area contributed by atoms with Gasteiger partial charge in [-0.1, -0.05) is 5.21 Å². The van der Waals surface area contributed by atoms with E-state index in [4.69, 9.17) is 9.47 Å². The van der Waals surface area contributed by atoms with Crippen LogP contribution in [-0.2, 0) is 25.6 Å². The molecule has 1 aliphatic heterocycles. The van der Waals surface area contributed by atoms with E-state index in [-0.39, 0.29) is 36.8 Å². The molecule has 1 atom stereocenters. The summed E-state index contributed by atoms with van der Waals surface area (Å²) in [7, 11) is 1.34. The Morgan fingerprint density at radius 2 is 2.21 bits per heavy atom. The second kappa shape index (κ2) is 8.27. The number of rotatable bonds is 5. The van der Waals surface area contributed by atoms with Gasteiger partial charge in [-0.25, -0.2) is 9.48 Å². The van der Waals surface area contributed by atoms with Crippen LogP contribution in [0.25, 0.3) is 0 Å². The molecule has 1 saturated heterocycles. The zero-order valence-electron chi connectivity index (χ0n) is 13.7. The normalized spacial score (nSPS) is 17.2. The number of aromatic nitrogens is 3. The van der Waals surface area contributed by atoms with Crippen LogP contribution in [-0.4, -0.2) is 64.7 Å². The van der Waals surface area contributed by atoms with Gasteiger partial charge in [0.15, 0.2) is 5.82 Å². The monoisotopic (exact) mass is 339 g/mol. The van der Waals surface area contributed by atoms with E-state index in [1.807, 2.05) is 0 Å². The number of nitrogens with zero attached hydrogens (tertiary/aromatic N) is 4. The lowest BCUT2D eigenvalue weighted by Crippen LogP contribution is -2.44. The smallest absolute Gasteiger partial charge is 0.412 e. The minimum atomic E-state index is -0.632. The Balaban J connectivity index is 1.89. The fourth-order valence-electron chi connectivity index (χ4n) is 2.51. The SMILES string of the molecule is CCOC(=O)Nc1cn(CC(=O)N2CCCC(C(=O)OC)C2)nn1. The third-order valence-corrected chi connectivity index (χ3v) is 3.65. The Kier molecular flexibility index (Phi) is 6.10. The summed E-state index contributed by atoms with van der Waals surface area (Å²) in [5, 5.41) is 9.94. The first-order valence-electron chi connectivity index (χ1n) is 7.73. The van der Waals surface area contributed by atoms with Crippen molar-refractivity contribution < 1.29 is 23.9 Å². The lowest BCUT2D eigenvalue weighted by Gasteiger charge is -2.31. The Hall–Kier alpha value is -2.65. The van der Waals surface area contributed by atoms with Crippen molar-refractivity contribution in [2.24, 2.45) is 5.92 Å². The highest BCUT2D eigenvalue weighted by Gasteiger charge is 2.29. The molecular formula is C14H21N5O5. The summed E-state index contributed by atoms with van der Waals surface area (Å²) < 4.78 is 10.8. The summed E-state index contributed by atoms with van der Waals surface area (Å²) in [6, 6.07) is 0. The van der Waals surface area contributed by atoms with Gasteiger partial charge in [0.1, 0.15) is 6.54 Å². The number of likely N-dealkylation sites (tertiary alicyclic amines) is 1. The number of esters is 1. The van der Waals surface area contributed by atoms with E-state index in [0.29, 0.717) is 19.5 Å². The van der Waals surface area contributed by atoms with Crippen molar-refractivity contribution in [3.63, 3.8) is 0 Å². The summed E-state index contributed by atoms with van der Waals surface area (Å²) in [5.74, 6) is -0.554. The Bertz CT molecular complexity index is 602. The van der Waals surface area contributed by atoms with E-state index < -0.39 is 6.09 Å². The molecule has 10 nitrogen and oxygen atoms in total. The van der Waals surface area contributed by atoms with Crippen molar-refractivity contribution in [2.45, 2.75) is 26.3 Å². The highest BCUT2D eigenvalue weighted by molar-refractivity contribution is 5.83. The standard InChI is InChI=1S/C14H21N5O5/c1-3-24-14(22)15-11-8-19(17-16-11)9-12(20)18-6-4-5-10(7-18)13(21)23-2/h8,10H,3-7,9H2,1-2H3,(H,15,22). The van der Waals surface area contributed by atoms with Crippen molar-refractivity contribution in [3.05, 3.63) is 6.20 Å². The predicted octanol–water partition coefficient (Wildman–Crippen LogP) is 0.258. The van der Waals surface area contributed by atoms with Crippen molar-refractivity contribution in [2.75, 3.05) is 32.1 Å². The van der Waals surface area contributed by atoms with Gasteiger partial charge in [-0.2, -0.15) is 0 Å². The number of methoxy groups -OCH3 is 1. The van der Waals surface area contributed by atoms with Crippen molar-refractivity contribution >= 4 is 23.8 Å². The maximum absolute atomic E-state index is 12.3. The molecule has 0 radical (unpaired) electrons. The quantitative estimate of drug-likeness (QED) is 0.765. The van der Waals surface area contributed by atoms with Gasteiger partial charge in [0.2, 0.25) is 5.91 Å².